The summed E-state index contributed by atoms with van der Waals surface area (Å²) in [4.78, 5) is 0. The van der Waals surface area contributed by atoms with E-state index in [0.29, 0.717) is 0 Å². The molecule has 74 valence electrons. The molecule has 0 aliphatic rings. The Balaban J connectivity index is 3.87. The van der Waals surface area contributed by atoms with Gasteiger partial charge in [-0.15, -0.1) is 0 Å². The third kappa shape index (κ3) is 6.45. The Hall–Kier alpha value is 0.930. The van der Waals surface area contributed by atoms with Crippen LogP contribution < -0.4 is 0 Å². The fourth-order valence-electron chi connectivity index (χ4n) is 0.532. The summed E-state index contributed by atoms with van der Waals surface area (Å²) in [5.41, 5.74) is 0. The van der Waals surface area contributed by atoms with Gasteiger partial charge in [0.1, 0.15) is 0 Å². The Kier molecular flexibility index (Phi) is 6.89. The predicted octanol–water partition coefficient (Wildman–Crippen LogP) is 3.91. The molecule has 0 aliphatic carbocycles. The average molecular weight is 233 g/mol. The molecule has 0 spiro atoms. The van der Waals surface area contributed by atoms with E-state index >= 15 is 0 Å². The highest BCUT2D eigenvalue weighted by molar-refractivity contribution is 7.52. The molecule has 0 unspecified atom stereocenters. The molecule has 0 aliphatic heterocycles. The first-order valence-corrected chi connectivity index (χ1v) is 5.96. The summed E-state index contributed by atoms with van der Waals surface area (Å²) >= 11 is 11.4. The number of hydrogen-bond donors (Lipinski definition) is 0. The lowest BCUT2D eigenvalue weighted by molar-refractivity contribution is 0.178. The molecule has 0 bridgehead atoms. The maximum atomic E-state index is 5.68. The molecular formula is C7H15Cl2O2P. The second-order valence-corrected chi connectivity index (χ2v) is 6.08. The molecule has 0 heterocycles. The van der Waals surface area contributed by atoms with E-state index in [0.717, 1.165) is 0 Å². The molecule has 12 heavy (non-hydrogen) atoms. The van der Waals surface area contributed by atoms with Crippen molar-refractivity contribution in [1.82, 2.24) is 0 Å². The van der Waals surface area contributed by atoms with Gasteiger partial charge in [0.05, 0.1) is 12.2 Å². The van der Waals surface area contributed by atoms with Crippen LogP contribution >= 0.6 is 31.6 Å². The molecule has 0 fully saturated rings. The SMILES string of the molecule is CC(C)OP(OC(C)C)C(Cl)Cl. The summed E-state index contributed by atoms with van der Waals surface area (Å²) in [6.07, 6.45) is 0.185. The van der Waals surface area contributed by atoms with Crippen molar-refractivity contribution in [1.29, 1.82) is 0 Å². The van der Waals surface area contributed by atoms with Crippen LogP contribution in [0.5, 0.6) is 0 Å². The summed E-state index contributed by atoms with van der Waals surface area (Å²) in [7, 11) is -1.17. The molecular weight excluding hydrogens is 218 g/mol. The van der Waals surface area contributed by atoms with E-state index in [-0.39, 0.29) is 12.2 Å². The lowest BCUT2D eigenvalue weighted by atomic mass is 10.5. The van der Waals surface area contributed by atoms with Crippen molar-refractivity contribution in [2.75, 3.05) is 0 Å². The van der Waals surface area contributed by atoms with E-state index in [1.165, 1.54) is 0 Å². The summed E-state index contributed by atoms with van der Waals surface area (Å²) in [6.45, 7) is 7.70. The minimum Gasteiger partial charge on any atom is -0.329 e. The van der Waals surface area contributed by atoms with Crippen LogP contribution in [0, 0.1) is 0 Å². The van der Waals surface area contributed by atoms with Gasteiger partial charge in [-0.1, -0.05) is 23.2 Å². The second-order valence-electron chi connectivity index (χ2n) is 2.87. The average Bonchev–Trinajstić information content (AvgIpc) is 1.83. The summed E-state index contributed by atoms with van der Waals surface area (Å²) in [5, 5.41) is 0. The molecule has 0 saturated carbocycles. The van der Waals surface area contributed by atoms with Gasteiger partial charge in [0.2, 0.25) is 8.38 Å². The molecule has 0 saturated heterocycles. The van der Waals surface area contributed by atoms with E-state index in [9.17, 15) is 0 Å². The van der Waals surface area contributed by atoms with E-state index in [2.05, 4.69) is 0 Å². The summed E-state index contributed by atoms with van der Waals surface area (Å²) < 4.78 is 10.2. The number of alkyl halides is 2. The summed E-state index contributed by atoms with van der Waals surface area (Å²) in [6, 6.07) is 0. The maximum absolute atomic E-state index is 5.68. The highest BCUT2D eigenvalue weighted by atomic mass is 35.5. The maximum Gasteiger partial charge on any atom is 0.206 e. The highest BCUT2D eigenvalue weighted by Gasteiger charge is 2.22. The molecule has 0 N–H and O–H groups in total. The Bertz CT molecular complexity index is 110. The predicted molar refractivity (Wildman–Crippen MR) is 54.9 cm³/mol. The third-order valence-electron chi connectivity index (χ3n) is 0.789. The van der Waals surface area contributed by atoms with Crippen molar-refractivity contribution in [3.05, 3.63) is 0 Å². The van der Waals surface area contributed by atoms with Gasteiger partial charge in [0, 0.05) is 0 Å². The number of rotatable bonds is 5. The molecule has 0 aromatic heterocycles. The molecule has 5 heteroatoms. The van der Waals surface area contributed by atoms with Crippen molar-refractivity contribution < 1.29 is 9.05 Å². The third-order valence-corrected chi connectivity index (χ3v) is 3.32. The van der Waals surface area contributed by atoms with Crippen molar-refractivity contribution in [3.8, 4) is 0 Å². The second kappa shape index (κ2) is 6.39. The monoisotopic (exact) mass is 232 g/mol. The number of hydrogen-bond acceptors (Lipinski definition) is 2. The molecule has 0 aromatic carbocycles. The van der Waals surface area contributed by atoms with Crippen LogP contribution in [0.2, 0.25) is 0 Å². The standard InChI is InChI=1S/C7H15Cl2O2P/c1-5(2)10-12(7(8)9)11-6(3)4/h5-7H,1-4H3. The topological polar surface area (TPSA) is 18.5 Å². The fraction of sp³-hybridized carbons (Fsp3) is 1.00. The lowest BCUT2D eigenvalue weighted by Crippen LogP contribution is -2.07. The first kappa shape index (κ1) is 12.9. The van der Waals surface area contributed by atoms with E-state index < -0.39 is 13.0 Å². The smallest absolute Gasteiger partial charge is 0.206 e. The molecule has 0 radical (unpaired) electrons. The van der Waals surface area contributed by atoms with Gasteiger partial charge in [-0.2, -0.15) is 0 Å². The van der Waals surface area contributed by atoms with Gasteiger partial charge in [-0.25, -0.2) is 0 Å². The van der Waals surface area contributed by atoms with Crippen LogP contribution in [0.1, 0.15) is 27.7 Å². The molecule has 0 aromatic rings. The van der Waals surface area contributed by atoms with Crippen molar-refractivity contribution in [3.63, 3.8) is 0 Å². The first-order chi connectivity index (χ1) is 5.43. The quantitative estimate of drug-likeness (QED) is 0.529. The zero-order chi connectivity index (χ0) is 9.72. The van der Waals surface area contributed by atoms with Crippen LogP contribution in [-0.4, -0.2) is 16.8 Å². The van der Waals surface area contributed by atoms with Crippen LogP contribution in [0.4, 0.5) is 0 Å². The normalized spacial score (nSPS) is 12.5. The van der Waals surface area contributed by atoms with Gasteiger partial charge in [-0.3, -0.25) is 0 Å². The molecule has 2 nitrogen and oxygen atoms in total. The van der Waals surface area contributed by atoms with Gasteiger partial charge < -0.3 is 9.05 Å². The number of halogens is 2. The zero-order valence-electron chi connectivity index (χ0n) is 7.75. The van der Waals surface area contributed by atoms with Gasteiger partial charge in [0.25, 0.3) is 0 Å². The van der Waals surface area contributed by atoms with Crippen LogP contribution in [0.3, 0.4) is 0 Å². The Morgan fingerprint density at radius 1 is 0.917 bits per heavy atom. The molecule has 0 amide bonds. The minimum atomic E-state index is -1.17. The Morgan fingerprint density at radius 3 is 1.42 bits per heavy atom. The van der Waals surface area contributed by atoms with E-state index in [1.54, 1.807) is 0 Å². The summed E-state index contributed by atoms with van der Waals surface area (Å²) in [5.74, 6) is 0. The van der Waals surface area contributed by atoms with Crippen molar-refractivity contribution in [2.24, 2.45) is 0 Å². The van der Waals surface area contributed by atoms with Gasteiger partial charge in [0.15, 0.2) is 4.58 Å². The highest BCUT2D eigenvalue weighted by Crippen LogP contribution is 2.49. The largest absolute Gasteiger partial charge is 0.329 e. The molecule has 0 atom stereocenters. The lowest BCUT2D eigenvalue weighted by Gasteiger charge is -2.22. The Morgan fingerprint density at radius 2 is 1.25 bits per heavy atom. The minimum absolute atomic E-state index is 0.0925. The van der Waals surface area contributed by atoms with Crippen LogP contribution in [-0.2, 0) is 9.05 Å². The van der Waals surface area contributed by atoms with Crippen molar-refractivity contribution >= 4 is 31.6 Å². The van der Waals surface area contributed by atoms with E-state index in [4.69, 9.17) is 32.2 Å². The van der Waals surface area contributed by atoms with Crippen molar-refractivity contribution in [2.45, 2.75) is 44.5 Å². The Labute approximate surface area is 85.4 Å². The fourth-order valence-corrected chi connectivity index (χ4v) is 2.15. The van der Waals surface area contributed by atoms with Crippen LogP contribution in [0.15, 0.2) is 0 Å². The van der Waals surface area contributed by atoms with Crippen LogP contribution in [0.25, 0.3) is 0 Å². The molecule has 0 rings (SSSR count). The first-order valence-electron chi connectivity index (χ1n) is 3.84. The van der Waals surface area contributed by atoms with Gasteiger partial charge in [-0.05, 0) is 27.7 Å². The van der Waals surface area contributed by atoms with Gasteiger partial charge >= 0.3 is 0 Å². The zero-order valence-corrected chi connectivity index (χ0v) is 10.2. The van der Waals surface area contributed by atoms with E-state index in [1.807, 2.05) is 27.7 Å².